The van der Waals surface area contributed by atoms with Gasteiger partial charge in [0.2, 0.25) is 0 Å². The summed E-state index contributed by atoms with van der Waals surface area (Å²) in [4.78, 5) is 27.5. The van der Waals surface area contributed by atoms with E-state index in [4.69, 9.17) is 4.98 Å². The summed E-state index contributed by atoms with van der Waals surface area (Å²) in [5.41, 5.74) is 6.42. The molecule has 2 aromatic carbocycles. The molecule has 1 amide bonds. The third-order valence-electron chi connectivity index (χ3n) is 7.44. The number of aryl methyl sites for hydroxylation is 3. The van der Waals surface area contributed by atoms with Gasteiger partial charge in [-0.1, -0.05) is 18.2 Å². The van der Waals surface area contributed by atoms with Gasteiger partial charge in [0.25, 0.3) is 5.91 Å². The van der Waals surface area contributed by atoms with Crippen LogP contribution in [0.25, 0.3) is 10.9 Å². The van der Waals surface area contributed by atoms with Crippen molar-refractivity contribution in [2.45, 2.75) is 39.2 Å². The Balaban J connectivity index is 0.00000168. The molecule has 0 bridgehead atoms. The van der Waals surface area contributed by atoms with Gasteiger partial charge in [-0.25, -0.2) is 4.98 Å². The van der Waals surface area contributed by atoms with Gasteiger partial charge in [-0.3, -0.25) is 14.7 Å². The second-order valence-corrected chi connectivity index (χ2v) is 11.2. The van der Waals surface area contributed by atoms with Crippen LogP contribution in [0.1, 0.15) is 44.0 Å². The smallest absolute Gasteiger partial charge is 0.267 e. The van der Waals surface area contributed by atoms with E-state index in [1.807, 2.05) is 32.9 Å². The molecule has 3 heterocycles. The molecule has 2 aromatic heterocycles. The number of rotatable bonds is 5. The molecule has 2 atom stereocenters. The standard InChI is InChI=1S/C29H31N5OS.2ClH/c1-18-7-12-23-25(30-18)5-4-6-26(23)33-13-15-34(16-14-33)27-17-24(27)21-8-10-22(11-9-21)32-29(35)28-19(2)31-20(3)36-28;;/h4-12,24,27H,13-17H2,1-3H3,(H,32,35);2*1H/t24-,27+;;/m1../s1. The molecule has 200 valence electrons. The molecule has 2 aliphatic rings. The Kier molecular flexibility index (Phi) is 8.62. The minimum absolute atomic E-state index is 0. The van der Waals surface area contributed by atoms with Gasteiger partial charge in [0.1, 0.15) is 4.88 Å². The zero-order valence-corrected chi connectivity index (χ0v) is 24.3. The average molecular weight is 571 g/mol. The Labute approximate surface area is 240 Å². The molecule has 1 N–H and O–H groups in total. The van der Waals surface area contributed by atoms with Crippen LogP contribution in [-0.2, 0) is 0 Å². The number of nitrogens with one attached hydrogen (secondary N) is 1. The van der Waals surface area contributed by atoms with Crippen LogP contribution in [0, 0.1) is 20.8 Å². The molecule has 4 aromatic rings. The fraction of sp³-hybridized carbons (Fsp3) is 0.345. The third-order valence-corrected chi connectivity index (χ3v) is 8.51. The van der Waals surface area contributed by atoms with Crippen molar-refractivity contribution in [1.29, 1.82) is 0 Å². The lowest BCUT2D eigenvalue weighted by molar-refractivity contribution is 0.103. The zero-order chi connectivity index (χ0) is 24.8. The van der Waals surface area contributed by atoms with Crippen molar-refractivity contribution < 1.29 is 4.79 Å². The molecule has 1 saturated carbocycles. The lowest BCUT2D eigenvalue weighted by Crippen LogP contribution is -2.47. The second kappa shape index (κ2) is 11.6. The first-order valence-corrected chi connectivity index (χ1v) is 13.5. The van der Waals surface area contributed by atoms with E-state index in [1.165, 1.54) is 34.4 Å². The first-order chi connectivity index (χ1) is 17.5. The molecular weight excluding hydrogens is 537 g/mol. The molecule has 38 heavy (non-hydrogen) atoms. The van der Waals surface area contributed by atoms with E-state index in [9.17, 15) is 4.79 Å². The Bertz CT molecular complexity index is 1430. The van der Waals surface area contributed by atoms with Gasteiger partial charge in [-0.2, -0.15) is 0 Å². The fourth-order valence-electron chi connectivity index (χ4n) is 5.50. The molecule has 1 aliphatic heterocycles. The number of amides is 1. The van der Waals surface area contributed by atoms with Gasteiger partial charge in [0.05, 0.1) is 16.2 Å². The number of aromatic nitrogens is 2. The predicted octanol–water partition coefficient (Wildman–Crippen LogP) is 6.39. The maximum atomic E-state index is 12.6. The number of pyridine rings is 1. The molecule has 1 saturated heterocycles. The Morgan fingerprint density at radius 3 is 2.34 bits per heavy atom. The fourth-order valence-corrected chi connectivity index (χ4v) is 6.31. The first-order valence-electron chi connectivity index (χ1n) is 12.7. The highest BCUT2D eigenvalue weighted by molar-refractivity contribution is 7.13. The molecule has 2 fully saturated rings. The lowest BCUT2D eigenvalue weighted by atomic mass is 10.1. The Hall–Kier alpha value is -2.71. The van der Waals surface area contributed by atoms with Gasteiger partial charge in [-0.05, 0) is 69.2 Å². The van der Waals surface area contributed by atoms with E-state index in [0.29, 0.717) is 16.8 Å². The number of benzene rings is 2. The quantitative estimate of drug-likeness (QED) is 0.301. The highest BCUT2D eigenvalue weighted by Gasteiger charge is 2.43. The first kappa shape index (κ1) is 28.3. The van der Waals surface area contributed by atoms with Gasteiger partial charge >= 0.3 is 0 Å². The van der Waals surface area contributed by atoms with Gasteiger partial charge in [0.15, 0.2) is 0 Å². The molecule has 9 heteroatoms. The van der Waals surface area contributed by atoms with Crippen LogP contribution >= 0.6 is 36.2 Å². The lowest BCUT2D eigenvalue weighted by Gasteiger charge is -2.37. The van der Waals surface area contributed by atoms with E-state index in [-0.39, 0.29) is 30.7 Å². The number of hydrogen-bond donors (Lipinski definition) is 1. The molecular formula is C29H33Cl2N5OS. The van der Waals surface area contributed by atoms with Crippen molar-refractivity contribution in [2.24, 2.45) is 0 Å². The topological polar surface area (TPSA) is 61.4 Å². The minimum Gasteiger partial charge on any atom is -0.368 e. The summed E-state index contributed by atoms with van der Waals surface area (Å²) in [5, 5.41) is 5.18. The minimum atomic E-state index is -0.0786. The summed E-state index contributed by atoms with van der Waals surface area (Å²) < 4.78 is 0. The van der Waals surface area contributed by atoms with E-state index in [0.717, 1.165) is 53.8 Å². The van der Waals surface area contributed by atoms with Crippen LogP contribution in [0.4, 0.5) is 11.4 Å². The number of fused-ring (bicyclic) bond motifs is 1. The van der Waals surface area contributed by atoms with Crippen LogP contribution in [0.3, 0.4) is 0 Å². The van der Waals surface area contributed by atoms with Crippen molar-refractivity contribution >= 4 is 64.3 Å². The zero-order valence-electron chi connectivity index (χ0n) is 21.8. The highest BCUT2D eigenvalue weighted by atomic mass is 35.5. The molecule has 0 radical (unpaired) electrons. The maximum absolute atomic E-state index is 12.6. The number of piperazine rings is 1. The van der Waals surface area contributed by atoms with Crippen LogP contribution in [0.5, 0.6) is 0 Å². The van der Waals surface area contributed by atoms with Crippen LogP contribution in [-0.4, -0.2) is 53.0 Å². The van der Waals surface area contributed by atoms with Crippen molar-refractivity contribution in [3.05, 3.63) is 81.4 Å². The SMILES string of the molecule is Cc1ccc2c(N3CCN([C@H]4C[C@@H]4c4ccc(NC(=O)c5sc(C)nc5C)cc4)CC3)cccc2n1.Cl.Cl. The normalized spacial score (nSPS) is 19.0. The summed E-state index contributed by atoms with van der Waals surface area (Å²) in [6.45, 7) is 10.1. The second-order valence-electron chi connectivity index (χ2n) is 9.95. The number of nitrogens with zero attached hydrogens (tertiary/aromatic N) is 4. The number of hydrogen-bond acceptors (Lipinski definition) is 6. The van der Waals surface area contributed by atoms with Crippen LogP contribution in [0.15, 0.2) is 54.6 Å². The molecule has 6 rings (SSSR count). The summed E-state index contributed by atoms with van der Waals surface area (Å²) in [7, 11) is 0. The number of carbonyl (C=O) groups is 1. The Morgan fingerprint density at radius 2 is 1.66 bits per heavy atom. The number of anilines is 2. The van der Waals surface area contributed by atoms with Crippen LogP contribution in [0.2, 0.25) is 0 Å². The van der Waals surface area contributed by atoms with E-state index >= 15 is 0 Å². The Morgan fingerprint density at radius 1 is 0.921 bits per heavy atom. The van der Waals surface area contributed by atoms with E-state index < -0.39 is 0 Å². The van der Waals surface area contributed by atoms with Gasteiger partial charge < -0.3 is 10.2 Å². The van der Waals surface area contributed by atoms with Crippen molar-refractivity contribution in [2.75, 3.05) is 36.4 Å². The number of halogens is 2. The maximum Gasteiger partial charge on any atom is 0.267 e. The molecule has 1 aliphatic carbocycles. The van der Waals surface area contributed by atoms with Gasteiger partial charge in [0, 0.05) is 60.6 Å². The monoisotopic (exact) mass is 569 g/mol. The molecule has 0 spiro atoms. The number of carbonyl (C=O) groups excluding carboxylic acids is 1. The largest absolute Gasteiger partial charge is 0.368 e. The summed E-state index contributed by atoms with van der Waals surface area (Å²) >= 11 is 1.44. The summed E-state index contributed by atoms with van der Waals surface area (Å²) in [6.07, 6.45) is 1.21. The van der Waals surface area contributed by atoms with E-state index in [1.54, 1.807) is 0 Å². The highest BCUT2D eigenvalue weighted by Crippen LogP contribution is 2.45. The third kappa shape index (κ3) is 5.66. The van der Waals surface area contributed by atoms with Gasteiger partial charge in [-0.15, -0.1) is 36.2 Å². The average Bonchev–Trinajstić information content (AvgIpc) is 3.60. The number of thiazole rings is 1. The van der Waals surface area contributed by atoms with E-state index in [2.05, 4.69) is 62.6 Å². The van der Waals surface area contributed by atoms with Crippen molar-refractivity contribution in [3.63, 3.8) is 0 Å². The van der Waals surface area contributed by atoms with Crippen molar-refractivity contribution in [1.82, 2.24) is 14.9 Å². The molecule has 6 nitrogen and oxygen atoms in total. The predicted molar refractivity (Wildman–Crippen MR) is 162 cm³/mol. The summed E-state index contributed by atoms with van der Waals surface area (Å²) in [6, 6.07) is 19.8. The van der Waals surface area contributed by atoms with Crippen LogP contribution < -0.4 is 10.2 Å². The summed E-state index contributed by atoms with van der Waals surface area (Å²) in [5.74, 6) is 0.502. The molecule has 0 unspecified atom stereocenters. The van der Waals surface area contributed by atoms with Crippen molar-refractivity contribution in [3.8, 4) is 0 Å².